The molecule has 4 aromatic carbocycles. The van der Waals surface area contributed by atoms with Crippen LogP contribution in [0.1, 0.15) is 18.5 Å². The lowest BCUT2D eigenvalue weighted by molar-refractivity contribution is -0.113. The zero-order valence-electron chi connectivity index (χ0n) is 24.5. The van der Waals surface area contributed by atoms with E-state index in [0.29, 0.717) is 57.3 Å². The highest BCUT2D eigenvalue weighted by atomic mass is 16.5. The van der Waals surface area contributed by atoms with Crippen LogP contribution in [-0.4, -0.2) is 49.1 Å². The zero-order chi connectivity index (χ0) is 30.1. The van der Waals surface area contributed by atoms with Gasteiger partial charge in [0.05, 0.1) is 39.7 Å². The number of hydrogen-bond acceptors (Lipinski definition) is 8. The number of para-hydroxylation sites is 2. The van der Waals surface area contributed by atoms with Crippen LogP contribution in [0.4, 0.5) is 11.6 Å². The lowest BCUT2D eigenvalue weighted by Gasteiger charge is -2.29. The van der Waals surface area contributed by atoms with Gasteiger partial charge in [-0.05, 0) is 47.5 Å². The van der Waals surface area contributed by atoms with Crippen molar-refractivity contribution in [2.24, 2.45) is 0 Å². The summed E-state index contributed by atoms with van der Waals surface area (Å²) < 4.78 is 24.1. The lowest BCUT2D eigenvalue weighted by atomic mass is 9.94. The number of hydrogen-bond donors (Lipinski definition) is 2. The average Bonchev–Trinajstić information content (AvgIpc) is 3.46. The lowest BCUT2D eigenvalue weighted by Crippen LogP contribution is -2.31. The van der Waals surface area contributed by atoms with Crippen LogP contribution in [0.25, 0.3) is 22.2 Å². The van der Waals surface area contributed by atoms with Crippen LogP contribution in [0.3, 0.4) is 0 Å². The first-order valence-corrected chi connectivity index (χ1v) is 13.6. The fourth-order valence-electron chi connectivity index (χ4n) is 5.48. The van der Waals surface area contributed by atoms with Crippen molar-refractivity contribution in [3.8, 4) is 34.4 Å². The van der Waals surface area contributed by atoms with Crippen LogP contribution in [0.5, 0.6) is 23.0 Å². The molecule has 43 heavy (non-hydrogen) atoms. The van der Waals surface area contributed by atoms with Crippen molar-refractivity contribution in [3.63, 3.8) is 0 Å². The van der Waals surface area contributed by atoms with Crippen LogP contribution in [0.2, 0.25) is 0 Å². The molecule has 2 heterocycles. The molecule has 0 radical (unpaired) electrons. The smallest absolute Gasteiger partial charge is 0.255 e. The molecule has 0 aliphatic carbocycles. The third-order valence-corrected chi connectivity index (χ3v) is 7.49. The fourth-order valence-corrected chi connectivity index (χ4v) is 5.48. The van der Waals surface area contributed by atoms with Crippen LogP contribution in [0, 0.1) is 0 Å². The molecule has 5 aromatic rings. The summed E-state index contributed by atoms with van der Waals surface area (Å²) in [7, 11) is 6.22. The topological polar surface area (TPSA) is 109 Å². The second-order valence-electron chi connectivity index (χ2n) is 9.91. The second-order valence-corrected chi connectivity index (χ2v) is 9.91. The predicted molar refractivity (Wildman–Crippen MR) is 165 cm³/mol. The molecule has 10 heteroatoms. The van der Waals surface area contributed by atoms with Gasteiger partial charge in [0, 0.05) is 11.3 Å². The summed E-state index contributed by atoms with van der Waals surface area (Å²) in [4.78, 5) is 19.0. The molecule has 218 valence electrons. The van der Waals surface area contributed by atoms with E-state index in [1.54, 1.807) is 45.3 Å². The molecule has 1 aliphatic rings. The molecule has 2 N–H and O–H groups in total. The summed E-state index contributed by atoms with van der Waals surface area (Å²) >= 11 is 0. The highest BCUT2D eigenvalue weighted by Gasteiger charge is 2.36. The Morgan fingerprint density at radius 2 is 1.51 bits per heavy atom. The first kappa shape index (κ1) is 27.6. The summed E-state index contributed by atoms with van der Waals surface area (Å²) in [5.74, 6) is 2.58. The van der Waals surface area contributed by atoms with Gasteiger partial charge in [-0.3, -0.25) is 4.79 Å². The Labute approximate surface area is 248 Å². The molecule has 0 bridgehead atoms. The molecule has 0 spiro atoms. The standard InChI is InChI=1S/C33H31N5O5/c1-19-28(32(39)35-24-15-8-9-16-25(24)40-2)29(21-17-26(41-3)30(43-5)27(18-21)42-4)38-33(34-19)36-31(37-38)23-14-10-12-20-11-6-7-13-22(20)23/h6-18,29H,1-5H3,(H,35,39)(H,34,36,37). The largest absolute Gasteiger partial charge is 0.495 e. The second kappa shape index (κ2) is 11.4. The third kappa shape index (κ3) is 4.86. The van der Waals surface area contributed by atoms with Gasteiger partial charge in [0.15, 0.2) is 17.3 Å². The number of benzene rings is 4. The minimum atomic E-state index is -0.698. The molecule has 1 atom stereocenters. The summed E-state index contributed by atoms with van der Waals surface area (Å²) in [5, 5.41) is 13.4. The number of anilines is 2. The van der Waals surface area contributed by atoms with E-state index in [4.69, 9.17) is 29.0 Å². The number of amides is 1. The summed E-state index contributed by atoms with van der Waals surface area (Å²) in [5.41, 5.74) is 3.16. The van der Waals surface area contributed by atoms with E-state index in [1.807, 2.05) is 61.5 Å². The molecular weight excluding hydrogens is 546 g/mol. The highest BCUT2D eigenvalue weighted by molar-refractivity contribution is 6.06. The molecule has 6 rings (SSSR count). The first-order chi connectivity index (χ1) is 21.0. The van der Waals surface area contributed by atoms with Crippen LogP contribution in [-0.2, 0) is 4.79 Å². The maximum absolute atomic E-state index is 14.1. The molecule has 1 unspecified atom stereocenters. The fraction of sp³-hybridized carbons (Fsp3) is 0.182. The quantitative estimate of drug-likeness (QED) is 0.229. The van der Waals surface area contributed by atoms with Gasteiger partial charge >= 0.3 is 0 Å². The molecular formula is C33H31N5O5. The number of nitrogens with one attached hydrogen (secondary N) is 2. The van der Waals surface area contributed by atoms with Crippen LogP contribution >= 0.6 is 0 Å². The summed E-state index contributed by atoms with van der Waals surface area (Å²) in [6, 6.07) is 24.3. The van der Waals surface area contributed by atoms with E-state index in [2.05, 4.69) is 22.8 Å². The molecule has 1 aromatic heterocycles. The normalized spacial score (nSPS) is 14.1. The number of carbonyl (C=O) groups is 1. The van der Waals surface area contributed by atoms with Crippen molar-refractivity contribution < 1.29 is 23.7 Å². The monoisotopic (exact) mass is 577 g/mol. The number of carbonyl (C=O) groups excluding carboxylic acids is 1. The van der Waals surface area contributed by atoms with Gasteiger partial charge in [-0.2, -0.15) is 4.98 Å². The van der Waals surface area contributed by atoms with E-state index < -0.39 is 6.04 Å². The Kier molecular flexibility index (Phi) is 7.33. The van der Waals surface area contributed by atoms with Crippen molar-refractivity contribution in [2.75, 3.05) is 39.1 Å². The Bertz CT molecular complexity index is 1850. The van der Waals surface area contributed by atoms with Crippen molar-refractivity contribution in [1.29, 1.82) is 0 Å². The maximum atomic E-state index is 14.1. The van der Waals surface area contributed by atoms with E-state index in [-0.39, 0.29) is 5.91 Å². The number of fused-ring (bicyclic) bond motifs is 2. The molecule has 10 nitrogen and oxygen atoms in total. The van der Waals surface area contributed by atoms with Gasteiger partial charge in [0.1, 0.15) is 11.8 Å². The molecule has 1 aliphatic heterocycles. The van der Waals surface area contributed by atoms with Crippen molar-refractivity contribution >= 4 is 28.3 Å². The van der Waals surface area contributed by atoms with Gasteiger partial charge in [0.2, 0.25) is 11.7 Å². The van der Waals surface area contributed by atoms with Crippen LogP contribution < -0.4 is 29.6 Å². The molecule has 0 saturated heterocycles. The number of nitrogens with zero attached hydrogens (tertiary/aromatic N) is 3. The van der Waals surface area contributed by atoms with E-state index in [1.165, 1.54) is 0 Å². The van der Waals surface area contributed by atoms with Crippen molar-refractivity contribution in [1.82, 2.24) is 14.8 Å². The Morgan fingerprint density at radius 1 is 0.837 bits per heavy atom. The SMILES string of the molecule is COc1ccccc1NC(=O)C1=C(C)Nc2nc(-c3cccc4ccccc34)nn2C1c1cc(OC)c(OC)c(OC)c1. The first-order valence-electron chi connectivity index (χ1n) is 13.6. The number of aromatic nitrogens is 3. The van der Waals surface area contributed by atoms with Gasteiger partial charge in [0.25, 0.3) is 5.91 Å². The van der Waals surface area contributed by atoms with Crippen LogP contribution in [0.15, 0.2) is 90.1 Å². The molecule has 1 amide bonds. The molecule has 0 fully saturated rings. The van der Waals surface area contributed by atoms with E-state index in [0.717, 1.165) is 16.3 Å². The maximum Gasteiger partial charge on any atom is 0.255 e. The number of allylic oxidation sites excluding steroid dienone is 1. The van der Waals surface area contributed by atoms with Gasteiger partial charge in [-0.25, -0.2) is 4.68 Å². The Hall–Kier alpha value is -5.51. The minimum Gasteiger partial charge on any atom is -0.495 e. The number of ether oxygens (including phenoxy) is 4. The predicted octanol–water partition coefficient (Wildman–Crippen LogP) is 6.06. The third-order valence-electron chi connectivity index (χ3n) is 7.49. The van der Waals surface area contributed by atoms with Crippen molar-refractivity contribution in [2.45, 2.75) is 13.0 Å². The van der Waals surface area contributed by atoms with E-state index in [9.17, 15) is 4.79 Å². The minimum absolute atomic E-state index is 0.332. The Morgan fingerprint density at radius 3 is 2.23 bits per heavy atom. The Balaban J connectivity index is 1.53. The van der Waals surface area contributed by atoms with E-state index >= 15 is 0 Å². The van der Waals surface area contributed by atoms with Gasteiger partial charge in [-0.15, -0.1) is 5.10 Å². The number of rotatable bonds is 8. The summed E-state index contributed by atoms with van der Waals surface area (Å²) in [6.45, 7) is 1.85. The average molecular weight is 578 g/mol. The van der Waals surface area contributed by atoms with Crippen molar-refractivity contribution in [3.05, 3.63) is 95.7 Å². The highest BCUT2D eigenvalue weighted by Crippen LogP contribution is 2.44. The zero-order valence-corrected chi connectivity index (χ0v) is 24.5. The molecule has 0 saturated carbocycles. The number of methoxy groups -OCH3 is 4. The summed E-state index contributed by atoms with van der Waals surface area (Å²) in [6.07, 6.45) is 0. The van der Waals surface area contributed by atoms with Gasteiger partial charge in [-0.1, -0.05) is 54.6 Å². The van der Waals surface area contributed by atoms with Gasteiger partial charge < -0.3 is 29.6 Å².